The number of benzene rings is 1. The van der Waals surface area contributed by atoms with Crippen LogP contribution in [0.4, 0.5) is 0 Å². The molecule has 1 heterocycles. The maximum Gasteiger partial charge on any atom is 0.151 e. The van der Waals surface area contributed by atoms with Gasteiger partial charge in [0.1, 0.15) is 0 Å². The van der Waals surface area contributed by atoms with Gasteiger partial charge in [0.2, 0.25) is 0 Å². The first kappa shape index (κ1) is 12.6. The van der Waals surface area contributed by atoms with E-state index in [9.17, 15) is 0 Å². The molecule has 3 nitrogen and oxygen atoms in total. The second-order valence-corrected chi connectivity index (χ2v) is 4.90. The van der Waals surface area contributed by atoms with Crippen LogP contribution in [0.2, 0.25) is 0 Å². The van der Waals surface area contributed by atoms with Crippen molar-refractivity contribution in [3.05, 3.63) is 47.4 Å². The van der Waals surface area contributed by atoms with E-state index in [4.69, 9.17) is 0 Å². The first-order chi connectivity index (χ1) is 8.59. The Balaban J connectivity index is 2.52. The van der Waals surface area contributed by atoms with E-state index >= 15 is 0 Å². The van der Waals surface area contributed by atoms with Crippen LogP contribution < -0.4 is 0 Å². The molecule has 1 saturated heterocycles. The predicted octanol–water partition coefficient (Wildman–Crippen LogP) is 1.91. The topological polar surface area (TPSA) is 9.72 Å². The molecule has 3 heteroatoms. The van der Waals surface area contributed by atoms with E-state index in [1.165, 1.54) is 5.56 Å². The van der Waals surface area contributed by atoms with Crippen molar-refractivity contribution < 1.29 is 0 Å². The van der Waals surface area contributed by atoms with Crippen LogP contribution in [0, 0.1) is 0 Å². The molecule has 0 aromatic heterocycles. The van der Waals surface area contributed by atoms with Crippen LogP contribution in [0.25, 0.3) is 5.70 Å². The Morgan fingerprint density at radius 3 is 2.11 bits per heavy atom. The third kappa shape index (κ3) is 2.52. The largest absolute Gasteiger partial charge is 0.371 e. The lowest BCUT2D eigenvalue weighted by atomic mass is 10.1. The highest BCUT2D eigenvalue weighted by Gasteiger charge is 2.18. The van der Waals surface area contributed by atoms with Crippen molar-refractivity contribution in [2.45, 2.75) is 0 Å². The standard InChI is InChI=1S/C15H21N3/c1-16(2)14(13-8-6-5-7-9-13)12-15-17(3)10-11-18(15)4/h5-9H,10-11H2,1-4H3. The molecule has 0 radical (unpaired) electrons. The van der Waals surface area contributed by atoms with E-state index in [1.54, 1.807) is 0 Å². The van der Waals surface area contributed by atoms with Crippen LogP contribution in [0.15, 0.2) is 41.9 Å². The van der Waals surface area contributed by atoms with Crippen molar-refractivity contribution in [3.63, 3.8) is 0 Å². The summed E-state index contributed by atoms with van der Waals surface area (Å²) in [5.41, 5.74) is 5.86. The van der Waals surface area contributed by atoms with Gasteiger partial charge in [-0.25, -0.2) is 0 Å². The van der Waals surface area contributed by atoms with Gasteiger partial charge in [-0.1, -0.05) is 36.1 Å². The molecular weight excluding hydrogens is 222 g/mol. The highest BCUT2D eigenvalue weighted by Crippen LogP contribution is 2.19. The predicted molar refractivity (Wildman–Crippen MR) is 75.8 cm³/mol. The van der Waals surface area contributed by atoms with Crippen molar-refractivity contribution in [1.29, 1.82) is 0 Å². The van der Waals surface area contributed by atoms with Gasteiger partial charge in [0, 0.05) is 46.8 Å². The summed E-state index contributed by atoms with van der Waals surface area (Å²) in [4.78, 5) is 6.60. The molecule has 1 aromatic carbocycles. The SMILES string of the molecule is CN(C)C(=C=C1N(C)CCN1C)c1ccccc1. The van der Waals surface area contributed by atoms with Crippen LogP contribution in [0.5, 0.6) is 0 Å². The Labute approximate surface area is 110 Å². The summed E-state index contributed by atoms with van der Waals surface area (Å²) in [5.74, 6) is 1.16. The molecule has 2 rings (SSSR count). The molecule has 1 aliphatic rings. The highest BCUT2D eigenvalue weighted by molar-refractivity contribution is 5.63. The second-order valence-electron chi connectivity index (χ2n) is 4.90. The van der Waals surface area contributed by atoms with Gasteiger partial charge < -0.3 is 14.7 Å². The summed E-state index contributed by atoms with van der Waals surface area (Å²) in [6.07, 6.45) is 0. The number of hydrogen-bond acceptors (Lipinski definition) is 3. The van der Waals surface area contributed by atoms with Crippen molar-refractivity contribution in [1.82, 2.24) is 14.7 Å². The van der Waals surface area contributed by atoms with Gasteiger partial charge in [0.15, 0.2) is 5.82 Å². The summed E-state index contributed by atoms with van der Waals surface area (Å²) in [6, 6.07) is 10.4. The van der Waals surface area contributed by atoms with Gasteiger partial charge in [-0.05, 0) is 0 Å². The zero-order valence-electron chi connectivity index (χ0n) is 11.6. The molecule has 0 unspecified atom stereocenters. The van der Waals surface area contributed by atoms with E-state index in [-0.39, 0.29) is 0 Å². The lowest BCUT2D eigenvalue weighted by Gasteiger charge is -2.19. The Morgan fingerprint density at radius 1 is 1.06 bits per heavy atom. The molecule has 0 N–H and O–H groups in total. The molecule has 0 bridgehead atoms. The lowest BCUT2D eigenvalue weighted by Crippen LogP contribution is -2.17. The average molecular weight is 243 g/mol. The quantitative estimate of drug-likeness (QED) is 0.735. The normalized spacial score (nSPS) is 14.8. The average Bonchev–Trinajstić information content (AvgIpc) is 2.67. The minimum atomic E-state index is 1.06. The second kappa shape index (κ2) is 5.19. The molecule has 18 heavy (non-hydrogen) atoms. The lowest BCUT2D eigenvalue weighted by molar-refractivity contribution is 0.424. The minimum absolute atomic E-state index is 1.06. The third-order valence-corrected chi connectivity index (χ3v) is 3.22. The smallest absolute Gasteiger partial charge is 0.151 e. The molecule has 0 amide bonds. The monoisotopic (exact) mass is 243 g/mol. The summed E-state index contributed by atoms with van der Waals surface area (Å²) < 4.78 is 0. The van der Waals surface area contributed by atoms with Crippen molar-refractivity contribution >= 4 is 5.70 Å². The van der Waals surface area contributed by atoms with Crippen molar-refractivity contribution in [2.24, 2.45) is 0 Å². The van der Waals surface area contributed by atoms with Gasteiger partial charge >= 0.3 is 0 Å². The van der Waals surface area contributed by atoms with Gasteiger partial charge in [-0.15, -0.1) is 0 Å². The fourth-order valence-corrected chi connectivity index (χ4v) is 2.14. The van der Waals surface area contributed by atoms with Crippen molar-refractivity contribution in [3.8, 4) is 0 Å². The number of rotatable bonds is 2. The number of nitrogens with zero attached hydrogens (tertiary/aromatic N) is 3. The van der Waals surface area contributed by atoms with E-state index in [2.05, 4.69) is 72.9 Å². The van der Waals surface area contributed by atoms with Crippen LogP contribution in [0.1, 0.15) is 5.56 Å². The molecule has 1 fully saturated rings. The molecule has 0 atom stereocenters. The molecular formula is C15H21N3. The fourth-order valence-electron chi connectivity index (χ4n) is 2.14. The van der Waals surface area contributed by atoms with Gasteiger partial charge in [0.05, 0.1) is 5.70 Å². The first-order valence-electron chi connectivity index (χ1n) is 6.25. The van der Waals surface area contributed by atoms with Crippen LogP contribution in [-0.2, 0) is 0 Å². The Bertz CT molecular complexity index is 458. The van der Waals surface area contributed by atoms with Crippen molar-refractivity contribution in [2.75, 3.05) is 41.3 Å². The molecule has 1 aliphatic heterocycles. The van der Waals surface area contributed by atoms with Crippen LogP contribution in [-0.4, -0.2) is 56.0 Å². The number of likely N-dealkylation sites (N-methyl/N-ethyl adjacent to an activating group) is 2. The summed E-state index contributed by atoms with van der Waals surface area (Å²) in [5, 5.41) is 0. The van der Waals surface area contributed by atoms with E-state index in [1.807, 2.05) is 6.07 Å². The Morgan fingerprint density at radius 2 is 1.61 bits per heavy atom. The van der Waals surface area contributed by atoms with Gasteiger partial charge in [0.25, 0.3) is 0 Å². The molecule has 0 spiro atoms. The first-order valence-corrected chi connectivity index (χ1v) is 6.25. The van der Waals surface area contributed by atoms with E-state index < -0.39 is 0 Å². The summed E-state index contributed by atoms with van der Waals surface area (Å²) in [7, 11) is 8.35. The fraction of sp³-hybridized carbons (Fsp3) is 0.400. The molecule has 0 saturated carbocycles. The molecule has 0 aliphatic carbocycles. The van der Waals surface area contributed by atoms with E-state index in [0.717, 1.165) is 24.6 Å². The maximum absolute atomic E-state index is 3.54. The van der Waals surface area contributed by atoms with E-state index in [0.29, 0.717) is 0 Å². The van der Waals surface area contributed by atoms with Gasteiger partial charge in [-0.2, -0.15) is 0 Å². The number of hydrogen-bond donors (Lipinski definition) is 0. The third-order valence-electron chi connectivity index (χ3n) is 3.22. The zero-order valence-corrected chi connectivity index (χ0v) is 11.6. The Kier molecular flexibility index (Phi) is 3.63. The summed E-state index contributed by atoms with van der Waals surface area (Å²) in [6.45, 7) is 2.13. The zero-order chi connectivity index (χ0) is 13.1. The van der Waals surface area contributed by atoms with Crippen LogP contribution in [0.3, 0.4) is 0 Å². The van der Waals surface area contributed by atoms with Gasteiger partial charge in [-0.3, -0.25) is 0 Å². The summed E-state index contributed by atoms with van der Waals surface area (Å²) >= 11 is 0. The minimum Gasteiger partial charge on any atom is -0.371 e. The molecule has 96 valence electrons. The highest BCUT2D eigenvalue weighted by atomic mass is 15.4. The molecule has 1 aromatic rings. The van der Waals surface area contributed by atoms with Crippen LogP contribution >= 0.6 is 0 Å². The Hall–Kier alpha value is -1.86. The maximum atomic E-state index is 3.54.